The van der Waals surface area contributed by atoms with Gasteiger partial charge in [0.25, 0.3) is 5.91 Å². The highest BCUT2D eigenvalue weighted by Crippen LogP contribution is 2.21. The Hall–Kier alpha value is -2.38. The number of ether oxygens (including phenoxy) is 1. The molecule has 0 aliphatic heterocycles. The molecule has 2 N–H and O–H groups in total. The van der Waals surface area contributed by atoms with Crippen molar-refractivity contribution >= 4 is 46.4 Å². The van der Waals surface area contributed by atoms with Gasteiger partial charge in [-0.2, -0.15) is 11.3 Å². The average molecular weight is 381 g/mol. The van der Waals surface area contributed by atoms with Gasteiger partial charge in [0.1, 0.15) is 0 Å². The number of halogens is 1. The van der Waals surface area contributed by atoms with Gasteiger partial charge in [-0.25, -0.2) is 4.79 Å². The predicted octanol–water partition coefficient (Wildman–Crippen LogP) is 3.34. The van der Waals surface area contributed by atoms with Gasteiger partial charge in [-0.15, -0.1) is 0 Å². The molecule has 6 nitrogen and oxygen atoms in total. The van der Waals surface area contributed by atoms with Gasteiger partial charge < -0.3 is 15.4 Å². The molecule has 2 amide bonds. The predicted molar refractivity (Wildman–Crippen MR) is 97.3 cm³/mol. The Balaban J connectivity index is 1.78. The Bertz CT molecular complexity index is 762. The van der Waals surface area contributed by atoms with Gasteiger partial charge in [-0.05, 0) is 36.1 Å². The Morgan fingerprint density at radius 3 is 2.72 bits per heavy atom. The number of benzene rings is 1. The number of anilines is 1. The van der Waals surface area contributed by atoms with E-state index in [0.29, 0.717) is 24.2 Å². The second kappa shape index (κ2) is 9.19. The second-order valence-electron chi connectivity index (χ2n) is 5.11. The molecule has 0 saturated carbocycles. The summed E-state index contributed by atoms with van der Waals surface area (Å²) >= 11 is 7.38. The van der Waals surface area contributed by atoms with Crippen LogP contribution >= 0.6 is 22.9 Å². The van der Waals surface area contributed by atoms with Crippen molar-refractivity contribution in [3.63, 3.8) is 0 Å². The first-order chi connectivity index (χ1) is 12.0. The van der Waals surface area contributed by atoms with E-state index >= 15 is 0 Å². The minimum absolute atomic E-state index is 0.151. The largest absolute Gasteiger partial charge is 0.465 e. The van der Waals surface area contributed by atoms with Gasteiger partial charge in [0, 0.05) is 29.6 Å². The van der Waals surface area contributed by atoms with Crippen molar-refractivity contribution in [2.45, 2.75) is 12.8 Å². The average Bonchev–Trinajstić information content (AvgIpc) is 3.14. The Morgan fingerprint density at radius 2 is 2.04 bits per heavy atom. The fraction of sp³-hybridized carbons (Fsp3) is 0.235. The Kier molecular flexibility index (Phi) is 6.97. The summed E-state index contributed by atoms with van der Waals surface area (Å²) in [4.78, 5) is 35.3. The molecule has 0 atom stereocenters. The third kappa shape index (κ3) is 5.58. The minimum Gasteiger partial charge on any atom is -0.465 e. The van der Waals surface area contributed by atoms with Gasteiger partial charge in [0.15, 0.2) is 0 Å². The van der Waals surface area contributed by atoms with Crippen LogP contribution < -0.4 is 10.6 Å². The minimum atomic E-state index is -0.572. The Labute approximate surface area is 154 Å². The fourth-order valence-corrected chi connectivity index (χ4v) is 2.87. The van der Waals surface area contributed by atoms with Crippen LogP contribution in [0.3, 0.4) is 0 Å². The highest BCUT2D eigenvalue weighted by Gasteiger charge is 2.12. The van der Waals surface area contributed by atoms with Crippen LogP contribution in [0.15, 0.2) is 35.0 Å². The quantitative estimate of drug-likeness (QED) is 0.570. The molecule has 2 aromatic rings. The van der Waals surface area contributed by atoms with Crippen LogP contribution in [-0.2, 0) is 9.53 Å². The number of carbonyl (C=O) groups is 3. The van der Waals surface area contributed by atoms with E-state index in [9.17, 15) is 14.4 Å². The number of amides is 2. The van der Waals surface area contributed by atoms with Crippen molar-refractivity contribution in [1.82, 2.24) is 5.32 Å². The van der Waals surface area contributed by atoms with Crippen LogP contribution in [0.2, 0.25) is 5.02 Å². The molecule has 0 spiro atoms. The molecule has 2 rings (SSSR count). The zero-order valence-electron chi connectivity index (χ0n) is 13.5. The summed E-state index contributed by atoms with van der Waals surface area (Å²) in [7, 11) is 1.26. The highest BCUT2D eigenvalue weighted by atomic mass is 35.5. The number of hydrogen-bond donors (Lipinski definition) is 2. The Morgan fingerprint density at radius 1 is 1.24 bits per heavy atom. The molecule has 132 valence electrons. The van der Waals surface area contributed by atoms with E-state index in [2.05, 4.69) is 15.4 Å². The summed E-state index contributed by atoms with van der Waals surface area (Å²) < 4.78 is 4.63. The smallest absolute Gasteiger partial charge is 0.339 e. The first-order valence-electron chi connectivity index (χ1n) is 7.49. The van der Waals surface area contributed by atoms with Crippen molar-refractivity contribution in [1.29, 1.82) is 0 Å². The summed E-state index contributed by atoms with van der Waals surface area (Å²) in [6.45, 7) is 0.399. The van der Waals surface area contributed by atoms with Gasteiger partial charge in [-0.1, -0.05) is 11.6 Å². The maximum absolute atomic E-state index is 12.0. The number of methoxy groups -OCH3 is 1. The van der Waals surface area contributed by atoms with Gasteiger partial charge in [0.2, 0.25) is 5.91 Å². The van der Waals surface area contributed by atoms with Crippen LogP contribution in [0, 0.1) is 0 Å². The third-order valence-electron chi connectivity index (χ3n) is 3.30. The molecule has 0 saturated heterocycles. The van der Waals surface area contributed by atoms with Crippen LogP contribution in [0.5, 0.6) is 0 Å². The number of carbonyl (C=O) groups excluding carboxylic acids is 3. The zero-order chi connectivity index (χ0) is 18.2. The van der Waals surface area contributed by atoms with Gasteiger partial charge in [-0.3, -0.25) is 9.59 Å². The van der Waals surface area contributed by atoms with E-state index in [1.165, 1.54) is 30.6 Å². The number of rotatable bonds is 7. The molecular formula is C17H17ClN2O4S. The SMILES string of the molecule is COC(=O)c1cc(NC(=O)CCCNC(=O)c2ccsc2)ccc1Cl. The molecule has 1 aromatic heterocycles. The second-order valence-corrected chi connectivity index (χ2v) is 6.29. The zero-order valence-corrected chi connectivity index (χ0v) is 15.1. The van der Waals surface area contributed by atoms with Crippen LogP contribution in [-0.4, -0.2) is 31.4 Å². The maximum Gasteiger partial charge on any atom is 0.339 e. The summed E-state index contributed by atoms with van der Waals surface area (Å²) in [6.07, 6.45) is 0.735. The van der Waals surface area contributed by atoms with E-state index < -0.39 is 5.97 Å². The molecule has 8 heteroatoms. The van der Waals surface area contributed by atoms with E-state index in [0.717, 1.165) is 0 Å². The summed E-state index contributed by atoms with van der Waals surface area (Å²) in [5.74, 6) is -0.942. The van der Waals surface area contributed by atoms with Gasteiger partial charge >= 0.3 is 5.97 Å². The summed E-state index contributed by atoms with van der Waals surface area (Å²) in [5, 5.41) is 9.29. The van der Waals surface area contributed by atoms with Crippen molar-refractivity contribution < 1.29 is 19.1 Å². The standard InChI is InChI=1S/C17H17ClN2O4S/c1-24-17(23)13-9-12(4-5-14(13)18)20-15(21)3-2-7-19-16(22)11-6-8-25-10-11/h4-6,8-10H,2-3,7H2,1H3,(H,19,22)(H,20,21). The normalized spacial score (nSPS) is 10.2. The molecule has 0 unspecified atom stereocenters. The third-order valence-corrected chi connectivity index (χ3v) is 4.32. The molecule has 0 radical (unpaired) electrons. The molecule has 1 aromatic carbocycles. The van der Waals surface area contributed by atoms with Crippen molar-refractivity contribution in [2.75, 3.05) is 19.0 Å². The summed E-state index contributed by atoms with van der Waals surface area (Å²) in [5.41, 5.74) is 1.26. The number of thiophene rings is 1. The topological polar surface area (TPSA) is 84.5 Å². The highest BCUT2D eigenvalue weighted by molar-refractivity contribution is 7.08. The number of hydrogen-bond acceptors (Lipinski definition) is 5. The number of esters is 1. The molecule has 0 aliphatic carbocycles. The van der Waals surface area contributed by atoms with Crippen LogP contribution in [0.25, 0.3) is 0 Å². The monoisotopic (exact) mass is 380 g/mol. The molecule has 1 heterocycles. The van der Waals surface area contributed by atoms with E-state index in [1.54, 1.807) is 17.5 Å². The first kappa shape index (κ1) is 19.0. The van der Waals surface area contributed by atoms with E-state index in [4.69, 9.17) is 11.6 Å². The number of nitrogens with one attached hydrogen (secondary N) is 2. The molecule has 25 heavy (non-hydrogen) atoms. The lowest BCUT2D eigenvalue weighted by atomic mass is 10.2. The lowest BCUT2D eigenvalue weighted by Crippen LogP contribution is -2.25. The molecule has 0 fully saturated rings. The lowest BCUT2D eigenvalue weighted by Gasteiger charge is -2.08. The maximum atomic E-state index is 12.0. The van der Waals surface area contributed by atoms with Crippen LogP contribution in [0.1, 0.15) is 33.6 Å². The molecular weight excluding hydrogens is 364 g/mol. The molecule has 0 aliphatic rings. The van der Waals surface area contributed by atoms with E-state index in [-0.39, 0.29) is 28.8 Å². The summed E-state index contributed by atoms with van der Waals surface area (Å²) in [6, 6.07) is 6.33. The van der Waals surface area contributed by atoms with Crippen LogP contribution in [0.4, 0.5) is 5.69 Å². The molecule has 0 bridgehead atoms. The van der Waals surface area contributed by atoms with Gasteiger partial charge in [0.05, 0.1) is 17.7 Å². The van der Waals surface area contributed by atoms with Crippen molar-refractivity contribution in [3.05, 3.63) is 51.2 Å². The van der Waals surface area contributed by atoms with Crippen molar-refractivity contribution in [2.24, 2.45) is 0 Å². The fourth-order valence-electron chi connectivity index (χ4n) is 2.04. The van der Waals surface area contributed by atoms with Crippen molar-refractivity contribution in [3.8, 4) is 0 Å². The van der Waals surface area contributed by atoms with E-state index in [1.807, 2.05) is 5.38 Å². The first-order valence-corrected chi connectivity index (χ1v) is 8.81. The lowest BCUT2D eigenvalue weighted by molar-refractivity contribution is -0.116.